The molecular formula is C25H32FN3O3S. The smallest absolute Gasteiger partial charge is 0.243 e. The van der Waals surface area contributed by atoms with Gasteiger partial charge in [0.1, 0.15) is 5.82 Å². The van der Waals surface area contributed by atoms with Crippen molar-refractivity contribution in [2.75, 3.05) is 44.2 Å². The molecule has 2 fully saturated rings. The Bertz CT molecular complexity index is 1040. The Morgan fingerprint density at radius 2 is 1.45 bits per heavy atom. The lowest BCUT2D eigenvalue weighted by Gasteiger charge is -2.36. The van der Waals surface area contributed by atoms with Crippen LogP contribution in [0.3, 0.4) is 0 Å². The first-order valence-corrected chi connectivity index (χ1v) is 13.3. The Morgan fingerprint density at radius 1 is 0.818 bits per heavy atom. The van der Waals surface area contributed by atoms with Crippen LogP contribution in [0.1, 0.15) is 37.7 Å². The molecule has 0 spiro atoms. The first kappa shape index (κ1) is 23.7. The molecule has 6 nitrogen and oxygen atoms in total. The van der Waals surface area contributed by atoms with Gasteiger partial charge in [0.25, 0.3) is 0 Å². The second-order valence-corrected chi connectivity index (χ2v) is 10.7. The fraction of sp³-hybridized carbons (Fsp3) is 0.480. The van der Waals surface area contributed by atoms with Gasteiger partial charge < -0.3 is 9.80 Å². The summed E-state index contributed by atoms with van der Waals surface area (Å²) in [5.74, 6) is -0.164. The molecular weight excluding hydrogens is 441 g/mol. The lowest BCUT2D eigenvalue weighted by Crippen LogP contribution is -2.49. The van der Waals surface area contributed by atoms with Gasteiger partial charge in [0.15, 0.2) is 0 Å². The number of halogens is 1. The van der Waals surface area contributed by atoms with Crippen molar-refractivity contribution in [2.45, 2.75) is 43.4 Å². The lowest BCUT2D eigenvalue weighted by atomic mass is 10.1. The Morgan fingerprint density at radius 3 is 2.09 bits per heavy atom. The number of amides is 1. The topological polar surface area (TPSA) is 60.9 Å². The minimum Gasteiger partial charge on any atom is -0.366 e. The van der Waals surface area contributed by atoms with Gasteiger partial charge in [-0.1, -0.05) is 37.1 Å². The van der Waals surface area contributed by atoms with Gasteiger partial charge in [-0.15, -0.1) is 0 Å². The third-order valence-corrected chi connectivity index (χ3v) is 8.49. The molecule has 0 unspecified atom stereocenters. The van der Waals surface area contributed by atoms with Gasteiger partial charge in [0.05, 0.1) is 10.6 Å². The molecule has 0 saturated carbocycles. The number of carbonyl (C=O) groups excluding carboxylic acids is 1. The van der Waals surface area contributed by atoms with E-state index in [4.69, 9.17) is 0 Å². The summed E-state index contributed by atoms with van der Waals surface area (Å²) in [5, 5.41) is 0. The van der Waals surface area contributed by atoms with Crippen LogP contribution in [0.2, 0.25) is 0 Å². The molecule has 0 N–H and O–H groups in total. The molecule has 0 bridgehead atoms. The molecule has 0 aliphatic carbocycles. The van der Waals surface area contributed by atoms with E-state index in [0.29, 0.717) is 62.7 Å². The maximum atomic E-state index is 14.0. The van der Waals surface area contributed by atoms with E-state index >= 15 is 0 Å². The average Bonchev–Trinajstić information content (AvgIpc) is 3.14. The first-order valence-electron chi connectivity index (χ1n) is 11.8. The maximum Gasteiger partial charge on any atom is 0.243 e. The van der Waals surface area contributed by atoms with Crippen LogP contribution in [0.4, 0.5) is 10.1 Å². The van der Waals surface area contributed by atoms with E-state index in [1.165, 1.54) is 6.07 Å². The second-order valence-electron chi connectivity index (χ2n) is 8.78. The van der Waals surface area contributed by atoms with Crippen LogP contribution < -0.4 is 4.90 Å². The van der Waals surface area contributed by atoms with Gasteiger partial charge in [0.2, 0.25) is 15.9 Å². The summed E-state index contributed by atoms with van der Waals surface area (Å²) in [6.07, 6.45) is 4.92. The highest BCUT2D eigenvalue weighted by Gasteiger charge is 2.25. The number of benzene rings is 2. The molecule has 2 aliphatic rings. The molecule has 2 saturated heterocycles. The van der Waals surface area contributed by atoms with E-state index in [9.17, 15) is 17.6 Å². The predicted octanol–water partition coefficient (Wildman–Crippen LogP) is 3.67. The molecule has 0 aromatic heterocycles. The van der Waals surface area contributed by atoms with Crippen LogP contribution >= 0.6 is 0 Å². The number of hydrogen-bond acceptors (Lipinski definition) is 4. The maximum absolute atomic E-state index is 14.0. The van der Waals surface area contributed by atoms with E-state index < -0.39 is 10.0 Å². The van der Waals surface area contributed by atoms with E-state index in [1.807, 2.05) is 28.0 Å². The molecule has 2 aliphatic heterocycles. The first-order chi connectivity index (χ1) is 15.9. The predicted molar refractivity (Wildman–Crippen MR) is 127 cm³/mol. The number of anilines is 1. The van der Waals surface area contributed by atoms with Crippen LogP contribution in [0, 0.1) is 5.82 Å². The summed E-state index contributed by atoms with van der Waals surface area (Å²) in [4.78, 5) is 16.8. The second kappa shape index (κ2) is 10.7. The minimum atomic E-state index is -3.45. The number of sulfonamides is 1. The SMILES string of the molecule is O=C(CCc1ccc(S(=O)(=O)N2CCCCCC2)cc1)N1CCN(c2ccccc2F)CC1. The number of hydrogen-bond donors (Lipinski definition) is 0. The molecule has 4 rings (SSSR count). The molecule has 0 radical (unpaired) electrons. The fourth-order valence-corrected chi connectivity index (χ4v) is 6.09. The molecule has 1 amide bonds. The molecule has 0 atom stereocenters. The van der Waals surface area contributed by atoms with Crippen LogP contribution in [0.15, 0.2) is 53.4 Å². The van der Waals surface area contributed by atoms with Crippen molar-refractivity contribution in [2.24, 2.45) is 0 Å². The summed E-state index contributed by atoms with van der Waals surface area (Å²) < 4.78 is 41.4. The summed E-state index contributed by atoms with van der Waals surface area (Å²) in [6.45, 7) is 3.53. The monoisotopic (exact) mass is 473 g/mol. The van der Waals surface area contributed by atoms with Crippen LogP contribution in [0.25, 0.3) is 0 Å². The Labute approximate surface area is 196 Å². The Kier molecular flexibility index (Phi) is 7.65. The van der Waals surface area contributed by atoms with Crippen molar-refractivity contribution in [3.8, 4) is 0 Å². The fourth-order valence-electron chi connectivity index (χ4n) is 4.57. The average molecular weight is 474 g/mol. The quantitative estimate of drug-likeness (QED) is 0.642. The molecule has 2 heterocycles. The third kappa shape index (κ3) is 5.73. The highest BCUT2D eigenvalue weighted by Crippen LogP contribution is 2.22. The third-order valence-electron chi connectivity index (χ3n) is 6.58. The summed E-state index contributed by atoms with van der Waals surface area (Å²) in [7, 11) is -3.45. The van der Waals surface area contributed by atoms with Gasteiger partial charge in [-0.05, 0) is 49.1 Å². The van der Waals surface area contributed by atoms with Crippen molar-refractivity contribution in [1.82, 2.24) is 9.21 Å². The standard InChI is InChI=1S/C25H32FN3O3S/c26-23-7-3-4-8-24(23)27-17-19-28(20-18-27)25(30)14-11-21-9-12-22(13-10-21)33(31,32)29-15-5-1-2-6-16-29/h3-4,7-10,12-13H,1-2,5-6,11,14-20H2. The van der Waals surface area contributed by atoms with E-state index in [2.05, 4.69) is 0 Å². The van der Waals surface area contributed by atoms with Gasteiger partial charge in [-0.2, -0.15) is 4.31 Å². The van der Waals surface area contributed by atoms with Gasteiger partial charge in [0, 0.05) is 45.7 Å². The normalized spacial score (nSPS) is 18.2. The summed E-state index contributed by atoms with van der Waals surface area (Å²) in [6, 6.07) is 13.7. The zero-order chi connectivity index (χ0) is 23.3. The van der Waals surface area contributed by atoms with Gasteiger partial charge >= 0.3 is 0 Å². The Balaban J connectivity index is 1.28. The number of nitrogens with zero attached hydrogens (tertiary/aromatic N) is 3. The number of rotatable bonds is 6. The van der Waals surface area contributed by atoms with Crippen molar-refractivity contribution in [3.05, 3.63) is 59.9 Å². The van der Waals surface area contributed by atoms with Crippen LogP contribution in [-0.4, -0.2) is 62.8 Å². The number of para-hydroxylation sites is 1. The Hall–Kier alpha value is -2.45. The summed E-state index contributed by atoms with van der Waals surface area (Å²) in [5.41, 5.74) is 1.53. The zero-order valence-electron chi connectivity index (χ0n) is 19.0. The van der Waals surface area contributed by atoms with Crippen molar-refractivity contribution in [3.63, 3.8) is 0 Å². The van der Waals surface area contributed by atoms with Crippen molar-refractivity contribution in [1.29, 1.82) is 0 Å². The van der Waals surface area contributed by atoms with Crippen molar-refractivity contribution < 1.29 is 17.6 Å². The van der Waals surface area contributed by atoms with E-state index in [0.717, 1.165) is 31.2 Å². The van der Waals surface area contributed by atoms with E-state index in [1.54, 1.807) is 28.6 Å². The largest absolute Gasteiger partial charge is 0.366 e. The molecule has 178 valence electrons. The van der Waals surface area contributed by atoms with E-state index in [-0.39, 0.29) is 11.7 Å². The molecule has 2 aromatic carbocycles. The van der Waals surface area contributed by atoms with Crippen LogP contribution in [0.5, 0.6) is 0 Å². The highest BCUT2D eigenvalue weighted by molar-refractivity contribution is 7.89. The lowest BCUT2D eigenvalue weighted by molar-refractivity contribution is -0.131. The molecule has 8 heteroatoms. The number of carbonyl (C=O) groups is 1. The van der Waals surface area contributed by atoms with Gasteiger partial charge in [-0.25, -0.2) is 12.8 Å². The molecule has 2 aromatic rings. The highest BCUT2D eigenvalue weighted by atomic mass is 32.2. The minimum absolute atomic E-state index is 0.0736. The molecule has 33 heavy (non-hydrogen) atoms. The van der Waals surface area contributed by atoms with Crippen LogP contribution in [-0.2, 0) is 21.2 Å². The van der Waals surface area contributed by atoms with Gasteiger partial charge in [-0.3, -0.25) is 4.79 Å². The summed E-state index contributed by atoms with van der Waals surface area (Å²) >= 11 is 0. The number of piperazine rings is 1. The number of aryl methyl sites for hydroxylation is 1. The van der Waals surface area contributed by atoms with Crippen molar-refractivity contribution >= 4 is 21.6 Å². The zero-order valence-corrected chi connectivity index (χ0v) is 19.8.